The number of ether oxygens (including phenoxy) is 1. The van der Waals surface area contributed by atoms with Crippen molar-refractivity contribution in [2.75, 3.05) is 13.2 Å². The molecule has 0 saturated carbocycles. The van der Waals surface area contributed by atoms with E-state index < -0.39 is 5.97 Å². The molecule has 0 aliphatic rings. The van der Waals surface area contributed by atoms with Gasteiger partial charge in [-0.25, -0.2) is 4.79 Å². The van der Waals surface area contributed by atoms with Gasteiger partial charge in [0.25, 0.3) is 0 Å². The molecule has 0 aliphatic heterocycles. The van der Waals surface area contributed by atoms with Gasteiger partial charge < -0.3 is 9.84 Å². The molecule has 0 atom stereocenters. The maximum absolute atomic E-state index is 10.7. The molecule has 0 unspecified atom stereocenters. The third kappa shape index (κ3) is 5.64. The van der Waals surface area contributed by atoms with E-state index in [9.17, 15) is 4.79 Å². The first-order valence-electron chi connectivity index (χ1n) is 6.28. The maximum atomic E-state index is 10.7. The third-order valence-electron chi connectivity index (χ3n) is 2.70. The number of aryl methyl sites for hydroxylation is 1. The molecule has 18 heavy (non-hydrogen) atoms. The Morgan fingerprint density at radius 1 is 1.33 bits per heavy atom. The SMILES string of the molecule is CCC(=CCOCCCc1ccccc1)C(=O)O. The Bertz CT molecular complexity index is 382. The van der Waals surface area contributed by atoms with Gasteiger partial charge in [0.05, 0.1) is 6.61 Å². The summed E-state index contributed by atoms with van der Waals surface area (Å²) in [5.41, 5.74) is 1.72. The van der Waals surface area contributed by atoms with Gasteiger partial charge in [0.15, 0.2) is 0 Å². The van der Waals surface area contributed by atoms with Crippen molar-refractivity contribution < 1.29 is 14.6 Å². The molecule has 0 fully saturated rings. The van der Waals surface area contributed by atoms with Crippen LogP contribution in [0.2, 0.25) is 0 Å². The summed E-state index contributed by atoms with van der Waals surface area (Å²) >= 11 is 0. The first kappa shape index (κ1) is 14.5. The van der Waals surface area contributed by atoms with E-state index in [1.165, 1.54) is 5.56 Å². The molecule has 0 amide bonds. The van der Waals surface area contributed by atoms with Crippen molar-refractivity contribution in [2.45, 2.75) is 26.2 Å². The van der Waals surface area contributed by atoms with Crippen LogP contribution >= 0.6 is 0 Å². The lowest BCUT2D eigenvalue weighted by Crippen LogP contribution is -2.02. The van der Waals surface area contributed by atoms with Crippen LogP contribution in [-0.4, -0.2) is 24.3 Å². The topological polar surface area (TPSA) is 46.5 Å². The molecule has 0 saturated heterocycles. The van der Waals surface area contributed by atoms with Gasteiger partial charge in [-0.05, 0) is 30.9 Å². The molecule has 3 heteroatoms. The normalized spacial score (nSPS) is 11.5. The van der Waals surface area contributed by atoms with Crippen LogP contribution in [0.4, 0.5) is 0 Å². The molecular formula is C15H20O3. The lowest BCUT2D eigenvalue weighted by atomic mass is 10.1. The molecule has 0 heterocycles. The van der Waals surface area contributed by atoms with Crippen LogP contribution in [0.3, 0.4) is 0 Å². The number of carboxylic acids is 1. The Hall–Kier alpha value is -1.61. The Labute approximate surface area is 108 Å². The largest absolute Gasteiger partial charge is 0.478 e. The minimum atomic E-state index is -0.856. The minimum Gasteiger partial charge on any atom is -0.478 e. The second-order valence-corrected chi connectivity index (χ2v) is 4.05. The minimum absolute atomic E-state index is 0.379. The molecule has 98 valence electrons. The van der Waals surface area contributed by atoms with Crippen molar-refractivity contribution in [3.05, 3.63) is 47.5 Å². The second kappa shape index (κ2) is 8.48. The Balaban J connectivity index is 2.14. The van der Waals surface area contributed by atoms with E-state index in [0.29, 0.717) is 25.2 Å². The van der Waals surface area contributed by atoms with E-state index in [1.807, 2.05) is 25.1 Å². The van der Waals surface area contributed by atoms with Gasteiger partial charge in [-0.3, -0.25) is 0 Å². The number of hydrogen-bond acceptors (Lipinski definition) is 2. The first-order valence-corrected chi connectivity index (χ1v) is 6.28. The fourth-order valence-electron chi connectivity index (χ4n) is 1.65. The average molecular weight is 248 g/mol. The van der Waals surface area contributed by atoms with Crippen LogP contribution in [0, 0.1) is 0 Å². The number of carboxylic acid groups (broad SMARTS) is 1. The van der Waals surface area contributed by atoms with Crippen LogP contribution in [0.1, 0.15) is 25.3 Å². The van der Waals surface area contributed by atoms with Gasteiger partial charge in [-0.15, -0.1) is 0 Å². The zero-order valence-electron chi connectivity index (χ0n) is 10.8. The lowest BCUT2D eigenvalue weighted by molar-refractivity contribution is -0.132. The fourth-order valence-corrected chi connectivity index (χ4v) is 1.65. The van der Waals surface area contributed by atoms with Crippen LogP contribution in [0.25, 0.3) is 0 Å². The highest BCUT2D eigenvalue weighted by Crippen LogP contribution is 2.03. The standard InChI is InChI=1S/C15H20O3/c1-2-14(15(16)17)10-12-18-11-6-9-13-7-4-3-5-8-13/h3-5,7-8,10H,2,6,9,11-12H2,1H3,(H,16,17). The summed E-state index contributed by atoms with van der Waals surface area (Å²) in [7, 11) is 0. The number of carbonyl (C=O) groups is 1. The summed E-state index contributed by atoms with van der Waals surface area (Å²) in [5.74, 6) is -0.856. The Morgan fingerprint density at radius 2 is 2.06 bits per heavy atom. The van der Waals surface area contributed by atoms with Gasteiger partial charge in [-0.2, -0.15) is 0 Å². The van der Waals surface area contributed by atoms with E-state index in [2.05, 4.69) is 12.1 Å². The Morgan fingerprint density at radius 3 is 2.67 bits per heavy atom. The van der Waals surface area contributed by atoms with Crippen LogP contribution in [-0.2, 0) is 16.0 Å². The highest BCUT2D eigenvalue weighted by molar-refractivity contribution is 5.86. The van der Waals surface area contributed by atoms with Crippen molar-refractivity contribution in [1.82, 2.24) is 0 Å². The maximum Gasteiger partial charge on any atom is 0.331 e. The van der Waals surface area contributed by atoms with Gasteiger partial charge >= 0.3 is 5.97 Å². The van der Waals surface area contributed by atoms with Crippen molar-refractivity contribution >= 4 is 5.97 Å². The van der Waals surface area contributed by atoms with E-state index >= 15 is 0 Å². The van der Waals surface area contributed by atoms with Crippen molar-refractivity contribution in [1.29, 1.82) is 0 Å². The molecule has 0 aromatic heterocycles. The highest BCUT2D eigenvalue weighted by Gasteiger charge is 2.02. The third-order valence-corrected chi connectivity index (χ3v) is 2.70. The van der Waals surface area contributed by atoms with Crippen LogP contribution < -0.4 is 0 Å². The second-order valence-electron chi connectivity index (χ2n) is 4.05. The summed E-state index contributed by atoms with van der Waals surface area (Å²) in [6.07, 6.45) is 4.12. The van der Waals surface area contributed by atoms with Gasteiger partial charge in [0.1, 0.15) is 0 Å². The lowest BCUT2D eigenvalue weighted by Gasteiger charge is -2.03. The van der Waals surface area contributed by atoms with Crippen molar-refractivity contribution in [3.63, 3.8) is 0 Å². The molecule has 1 N–H and O–H groups in total. The number of aliphatic carboxylic acids is 1. The van der Waals surface area contributed by atoms with E-state index in [0.717, 1.165) is 12.8 Å². The summed E-state index contributed by atoms with van der Waals surface area (Å²) in [5, 5.41) is 8.80. The van der Waals surface area contributed by atoms with E-state index in [1.54, 1.807) is 6.08 Å². The molecule has 0 aliphatic carbocycles. The zero-order chi connectivity index (χ0) is 13.2. The predicted octanol–water partition coefficient (Wildman–Crippen LogP) is 3.06. The molecule has 1 aromatic carbocycles. The fraction of sp³-hybridized carbons (Fsp3) is 0.400. The molecule has 3 nitrogen and oxygen atoms in total. The Kier molecular flexibility index (Phi) is 6.81. The van der Waals surface area contributed by atoms with Gasteiger partial charge in [0, 0.05) is 12.2 Å². The summed E-state index contributed by atoms with van der Waals surface area (Å²) in [4.78, 5) is 10.7. The van der Waals surface area contributed by atoms with Crippen molar-refractivity contribution in [3.8, 4) is 0 Å². The van der Waals surface area contributed by atoms with Gasteiger partial charge in [-0.1, -0.05) is 37.3 Å². The highest BCUT2D eigenvalue weighted by atomic mass is 16.5. The molecule has 0 radical (unpaired) electrons. The summed E-state index contributed by atoms with van der Waals surface area (Å²) in [6.45, 7) is 2.86. The summed E-state index contributed by atoms with van der Waals surface area (Å²) < 4.78 is 5.40. The summed E-state index contributed by atoms with van der Waals surface area (Å²) in [6, 6.07) is 10.3. The molecule has 1 aromatic rings. The smallest absolute Gasteiger partial charge is 0.331 e. The molecule has 0 spiro atoms. The quantitative estimate of drug-likeness (QED) is 0.568. The van der Waals surface area contributed by atoms with Gasteiger partial charge in [0.2, 0.25) is 0 Å². The van der Waals surface area contributed by atoms with E-state index in [-0.39, 0.29) is 0 Å². The van der Waals surface area contributed by atoms with Crippen LogP contribution in [0.15, 0.2) is 42.0 Å². The number of benzene rings is 1. The first-order chi connectivity index (χ1) is 8.74. The van der Waals surface area contributed by atoms with Crippen LogP contribution in [0.5, 0.6) is 0 Å². The number of hydrogen-bond donors (Lipinski definition) is 1. The van der Waals surface area contributed by atoms with E-state index in [4.69, 9.17) is 9.84 Å². The molecule has 1 rings (SSSR count). The molecular weight excluding hydrogens is 228 g/mol. The monoisotopic (exact) mass is 248 g/mol. The zero-order valence-corrected chi connectivity index (χ0v) is 10.8. The predicted molar refractivity (Wildman–Crippen MR) is 71.6 cm³/mol. The average Bonchev–Trinajstić information content (AvgIpc) is 2.38. The number of rotatable bonds is 8. The van der Waals surface area contributed by atoms with Crippen molar-refractivity contribution in [2.24, 2.45) is 0 Å². The molecule has 0 bridgehead atoms.